The molecule has 1 fully saturated rings. The normalized spacial score (nSPS) is 16.8. The summed E-state index contributed by atoms with van der Waals surface area (Å²) in [5.74, 6) is -0.709. The molecule has 1 aliphatic heterocycles. The van der Waals surface area contributed by atoms with E-state index in [9.17, 15) is 14.4 Å². The van der Waals surface area contributed by atoms with E-state index >= 15 is 0 Å². The number of carbonyl (C=O) groups is 3. The third kappa shape index (κ3) is 2.73. The molecule has 0 aromatic heterocycles. The van der Waals surface area contributed by atoms with Crippen LogP contribution in [0.15, 0.2) is 0 Å². The lowest BCUT2D eigenvalue weighted by atomic mass is 10.4. The molecule has 0 aliphatic carbocycles. The van der Waals surface area contributed by atoms with Gasteiger partial charge in [0.1, 0.15) is 13.2 Å². The predicted molar refractivity (Wildman–Crippen MR) is 39.6 cm³/mol. The molecule has 1 heterocycles. The molecule has 0 spiro atoms. The maximum Gasteiger partial charge on any atom is 0.326 e. The Labute approximate surface area is 74.4 Å². The summed E-state index contributed by atoms with van der Waals surface area (Å²) in [6.07, 6.45) is 0. The quantitative estimate of drug-likeness (QED) is 0.305. The maximum atomic E-state index is 11.0. The number of nitrogens with zero attached hydrogens (tertiary/aromatic N) is 1. The minimum absolute atomic E-state index is 0.0684. The van der Waals surface area contributed by atoms with E-state index < -0.39 is 5.97 Å². The Morgan fingerprint density at radius 3 is 3.00 bits per heavy atom. The van der Waals surface area contributed by atoms with Gasteiger partial charge in [0.05, 0.1) is 6.54 Å². The van der Waals surface area contributed by atoms with Crippen LogP contribution in [0.25, 0.3) is 0 Å². The van der Waals surface area contributed by atoms with Crippen molar-refractivity contribution >= 4 is 18.3 Å². The smallest absolute Gasteiger partial charge is 0.326 e. The van der Waals surface area contributed by atoms with Crippen molar-refractivity contribution in [1.82, 2.24) is 4.90 Å². The summed E-state index contributed by atoms with van der Waals surface area (Å²) in [6, 6.07) is 0. The third-order valence-corrected chi connectivity index (χ3v) is 1.58. The number of hydrogen-bond donors (Lipinski definition) is 0. The highest BCUT2D eigenvalue weighted by Crippen LogP contribution is 1.99. The van der Waals surface area contributed by atoms with Crippen molar-refractivity contribution in [3.8, 4) is 0 Å². The molecule has 1 amide bonds. The van der Waals surface area contributed by atoms with Gasteiger partial charge in [-0.05, 0) is 0 Å². The van der Waals surface area contributed by atoms with Crippen molar-refractivity contribution in [2.24, 2.45) is 0 Å². The number of esters is 1. The standard InChI is InChI=1S/C7H9NO5/c9-5-12-2-1-8-3-7(11)13-4-6(8)10/h5H,1-4H2. The summed E-state index contributed by atoms with van der Waals surface area (Å²) in [7, 11) is 0. The van der Waals surface area contributed by atoms with Crippen LogP contribution in [-0.2, 0) is 23.9 Å². The van der Waals surface area contributed by atoms with Crippen LogP contribution >= 0.6 is 0 Å². The second-order valence-electron chi connectivity index (χ2n) is 2.44. The highest BCUT2D eigenvalue weighted by Gasteiger charge is 2.24. The van der Waals surface area contributed by atoms with Crippen LogP contribution in [0, 0.1) is 0 Å². The van der Waals surface area contributed by atoms with E-state index in [1.54, 1.807) is 0 Å². The van der Waals surface area contributed by atoms with Crippen molar-refractivity contribution in [2.45, 2.75) is 0 Å². The first-order valence-electron chi connectivity index (χ1n) is 3.72. The van der Waals surface area contributed by atoms with Crippen molar-refractivity contribution in [2.75, 3.05) is 26.3 Å². The zero-order valence-electron chi connectivity index (χ0n) is 6.89. The summed E-state index contributed by atoms with van der Waals surface area (Å²) in [4.78, 5) is 32.8. The van der Waals surface area contributed by atoms with E-state index in [0.29, 0.717) is 6.47 Å². The number of morpholine rings is 1. The van der Waals surface area contributed by atoms with Gasteiger partial charge in [-0.2, -0.15) is 0 Å². The molecule has 0 bridgehead atoms. The Balaban J connectivity index is 2.33. The molecular weight excluding hydrogens is 178 g/mol. The molecule has 1 saturated heterocycles. The molecular formula is C7H9NO5. The first kappa shape index (κ1) is 9.50. The van der Waals surface area contributed by atoms with Crippen molar-refractivity contribution in [3.63, 3.8) is 0 Å². The highest BCUT2D eigenvalue weighted by molar-refractivity contribution is 5.88. The predicted octanol–water partition coefficient (Wildman–Crippen LogP) is -1.46. The SMILES string of the molecule is O=COCCN1CC(=O)OCC1=O. The summed E-state index contributed by atoms with van der Waals surface area (Å²) in [5, 5.41) is 0. The van der Waals surface area contributed by atoms with E-state index in [4.69, 9.17) is 0 Å². The van der Waals surface area contributed by atoms with Crippen LogP contribution < -0.4 is 0 Å². The Hall–Kier alpha value is -1.59. The van der Waals surface area contributed by atoms with Crippen molar-refractivity contribution in [3.05, 3.63) is 0 Å². The van der Waals surface area contributed by atoms with Gasteiger partial charge in [-0.1, -0.05) is 0 Å². The van der Waals surface area contributed by atoms with Crippen molar-refractivity contribution in [1.29, 1.82) is 0 Å². The van der Waals surface area contributed by atoms with Gasteiger partial charge in [-0.15, -0.1) is 0 Å². The fraction of sp³-hybridized carbons (Fsp3) is 0.571. The van der Waals surface area contributed by atoms with Gasteiger partial charge in [0.2, 0.25) is 0 Å². The summed E-state index contributed by atoms with van der Waals surface area (Å²) in [5.41, 5.74) is 0. The largest absolute Gasteiger partial charge is 0.466 e. The molecule has 0 saturated carbocycles. The number of rotatable bonds is 4. The minimum atomic E-state index is -0.439. The van der Waals surface area contributed by atoms with Crippen LogP contribution in [0.5, 0.6) is 0 Å². The van der Waals surface area contributed by atoms with Gasteiger partial charge >= 0.3 is 5.97 Å². The topological polar surface area (TPSA) is 72.9 Å². The monoisotopic (exact) mass is 187 g/mol. The zero-order chi connectivity index (χ0) is 9.68. The van der Waals surface area contributed by atoms with Gasteiger partial charge < -0.3 is 14.4 Å². The van der Waals surface area contributed by atoms with Crippen LogP contribution in [0.1, 0.15) is 0 Å². The Kier molecular flexibility index (Phi) is 3.24. The first-order valence-corrected chi connectivity index (χ1v) is 3.72. The van der Waals surface area contributed by atoms with E-state index in [-0.39, 0.29) is 32.2 Å². The van der Waals surface area contributed by atoms with Gasteiger partial charge in [-0.3, -0.25) is 14.4 Å². The molecule has 0 aromatic rings. The highest BCUT2D eigenvalue weighted by atomic mass is 16.5. The number of hydrogen-bond acceptors (Lipinski definition) is 5. The zero-order valence-corrected chi connectivity index (χ0v) is 6.89. The maximum absolute atomic E-state index is 11.0. The Morgan fingerprint density at radius 1 is 1.54 bits per heavy atom. The fourth-order valence-corrected chi connectivity index (χ4v) is 0.938. The minimum Gasteiger partial charge on any atom is -0.466 e. The lowest BCUT2D eigenvalue weighted by Crippen LogP contribution is -2.45. The lowest BCUT2D eigenvalue weighted by Gasteiger charge is -2.24. The van der Waals surface area contributed by atoms with E-state index in [1.807, 2.05) is 0 Å². The van der Waals surface area contributed by atoms with Gasteiger partial charge in [-0.25, -0.2) is 0 Å². The molecule has 0 N–H and O–H groups in total. The molecule has 72 valence electrons. The number of carbonyl (C=O) groups excluding carboxylic acids is 3. The molecule has 1 rings (SSSR count). The molecule has 1 aliphatic rings. The Morgan fingerprint density at radius 2 is 2.31 bits per heavy atom. The van der Waals surface area contributed by atoms with E-state index in [0.717, 1.165) is 0 Å². The number of ether oxygens (including phenoxy) is 2. The molecule has 0 unspecified atom stereocenters. The van der Waals surface area contributed by atoms with Crippen molar-refractivity contribution < 1.29 is 23.9 Å². The summed E-state index contributed by atoms with van der Waals surface area (Å²) < 4.78 is 8.88. The van der Waals surface area contributed by atoms with Crippen LogP contribution in [0.2, 0.25) is 0 Å². The number of amides is 1. The van der Waals surface area contributed by atoms with Gasteiger partial charge in [0.15, 0.2) is 6.61 Å². The molecule has 6 nitrogen and oxygen atoms in total. The first-order chi connectivity index (χ1) is 6.24. The van der Waals surface area contributed by atoms with Crippen LogP contribution in [0.4, 0.5) is 0 Å². The molecule has 0 radical (unpaired) electrons. The molecule has 13 heavy (non-hydrogen) atoms. The molecule has 6 heteroatoms. The third-order valence-electron chi connectivity index (χ3n) is 1.58. The Bertz CT molecular complexity index is 227. The molecule has 0 aromatic carbocycles. The average molecular weight is 187 g/mol. The van der Waals surface area contributed by atoms with Gasteiger partial charge in [0.25, 0.3) is 12.4 Å². The summed E-state index contributed by atoms with van der Waals surface area (Å²) >= 11 is 0. The van der Waals surface area contributed by atoms with Gasteiger partial charge in [0, 0.05) is 0 Å². The number of cyclic esters (lactones) is 1. The fourth-order valence-electron chi connectivity index (χ4n) is 0.938. The second kappa shape index (κ2) is 4.44. The second-order valence-corrected chi connectivity index (χ2v) is 2.44. The molecule has 0 atom stereocenters. The average Bonchev–Trinajstić information content (AvgIpc) is 2.11. The van der Waals surface area contributed by atoms with E-state index in [2.05, 4.69) is 9.47 Å². The summed E-state index contributed by atoms with van der Waals surface area (Å²) in [6.45, 7) is 0.336. The van der Waals surface area contributed by atoms with Crippen LogP contribution in [0.3, 0.4) is 0 Å². The van der Waals surface area contributed by atoms with Crippen LogP contribution in [-0.4, -0.2) is 49.6 Å². The van der Waals surface area contributed by atoms with E-state index in [1.165, 1.54) is 4.90 Å². The lowest BCUT2D eigenvalue weighted by molar-refractivity contribution is -0.163.